The van der Waals surface area contributed by atoms with Crippen molar-refractivity contribution in [3.8, 4) is 21.8 Å². The highest BCUT2D eigenvalue weighted by molar-refractivity contribution is 7.22. The van der Waals surface area contributed by atoms with E-state index in [4.69, 9.17) is 8.83 Å². The molecule has 14 rings (SSSR count). The van der Waals surface area contributed by atoms with Crippen molar-refractivity contribution in [1.82, 2.24) is 0 Å². The van der Waals surface area contributed by atoms with Crippen molar-refractivity contribution in [1.29, 1.82) is 0 Å². The molecule has 0 aliphatic carbocycles. The van der Waals surface area contributed by atoms with Crippen LogP contribution >= 0.6 is 11.3 Å². The SMILES string of the molecule is Cc1cc2c3c(c1)N(c1c(C)cc(C(C)(C)C)cc1C)c1c(oc4ccc(C(C)(C)C)cc14)B3c1ccc(N(c3cccc(-c4cc5ccccc5o4)c3)c3cccc(-c4cc5ccccc5s4)c3)cc1N2c1c(C)cccc1C. The first-order valence-electron chi connectivity index (χ1n) is 28.1. The highest BCUT2D eigenvalue weighted by atomic mass is 32.1. The third-order valence-electron chi connectivity index (χ3n) is 16.8. The Hall–Kier alpha value is -8.52. The minimum Gasteiger partial charge on any atom is -0.468 e. The van der Waals surface area contributed by atoms with E-state index < -0.39 is 0 Å². The van der Waals surface area contributed by atoms with Gasteiger partial charge in [-0.2, -0.15) is 0 Å². The molecule has 0 saturated carbocycles. The molecule has 0 fully saturated rings. The zero-order valence-corrected chi connectivity index (χ0v) is 48.4. The van der Waals surface area contributed by atoms with Crippen LogP contribution in [0.15, 0.2) is 197 Å². The number of hydrogen-bond acceptors (Lipinski definition) is 6. The summed E-state index contributed by atoms with van der Waals surface area (Å²) in [6, 6.07) is 69.7. The molecule has 392 valence electrons. The number of furan rings is 2. The number of hydrogen-bond donors (Lipinski definition) is 0. The summed E-state index contributed by atoms with van der Waals surface area (Å²) in [5.74, 6) is 0.833. The third-order valence-corrected chi connectivity index (χ3v) is 18.0. The van der Waals surface area contributed by atoms with E-state index in [9.17, 15) is 0 Å². The van der Waals surface area contributed by atoms with Gasteiger partial charge < -0.3 is 23.5 Å². The number of nitrogens with zero attached hydrogens (tertiary/aromatic N) is 3. The lowest BCUT2D eigenvalue weighted by Crippen LogP contribution is -2.61. The zero-order valence-electron chi connectivity index (χ0n) is 47.5. The summed E-state index contributed by atoms with van der Waals surface area (Å²) in [7, 11) is 0. The van der Waals surface area contributed by atoms with Crippen LogP contribution in [0.25, 0.3) is 53.8 Å². The van der Waals surface area contributed by atoms with Gasteiger partial charge in [0.25, 0.3) is 6.71 Å². The van der Waals surface area contributed by atoms with Crippen molar-refractivity contribution in [3.63, 3.8) is 0 Å². The number of fused-ring (bicyclic) bond motifs is 8. The highest BCUT2D eigenvalue weighted by Gasteiger charge is 2.48. The second-order valence-electron chi connectivity index (χ2n) is 24.5. The molecule has 5 heterocycles. The maximum absolute atomic E-state index is 7.48. The van der Waals surface area contributed by atoms with Gasteiger partial charge in [0.05, 0.1) is 22.7 Å². The van der Waals surface area contributed by atoms with E-state index in [-0.39, 0.29) is 17.5 Å². The standard InChI is InChI=1S/C73H64BN3O2S/c1-43-33-60-67-61(34-43)77(69-46(4)35-53(36-47(69)5)73(9,10)11)70-57-41-52(72(6,7)8)29-32-63(57)79-71(70)74(67)58-31-30-56(42-59(58)76(60)68-44(2)19-16-20-45(68)3)75(54-25-17-23-48(37-54)64-39-49-21-12-14-27-62(49)78-64)55-26-18-24-50(38-55)66-40-51-22-13-15-28-65(51)80-66/h12-42H,1-11H3. The lowest BCUT2D eigenvalue weighted by Gasteiger charge is -2.44. The maximum atomic E-state index is 7.48. The molecule has 0 unspecified atom stereocenters. The van der Waals surface area contributed by atoms with Crippen LogP contribution in [0.3, 0.4) is 0 Å². The van der Waals surface area contributed by atoms with E-state index in [1.165, 1.54) is 87.5 Å². The van der Waals surface area contributed by atoms with Crippen LogP contribution in [0.1, 0.15) is 80.5 Å². The van der Waals surface area contributed by atoms with Gasteiger partial charge in [0.2, 0.25) is 0 Å². The predicted molar refractivity (Wildman–Crippen MR) is 342 cm³/mol. The zero-order chi connectivity index (χ0) is 55.1. The smallest absolute Gasteiger partial charge is 0.297 e. The molecule has 0 saturated heterocycles. The summed E-state index contributed by atoms with van der Waals surface area (Å²) in [4.78, 5) is 8.82. The molecule has 80 heavy (non-hydrogen) atoms. The Balaban J connectivity index is 1.04. The van der Waals surface area contributed by atoms with Gasteiger partial charge in [0.1, 0.15) is 16.9 Å². The number of thiophene rings is 1. The van der Waals surface area contributed by atoms with Gasteiger partial charge in [0, 0.05) is 60.0 Å². The molecule has 0 amide bonds. The fourth-order valence-electron chi connectivity index (χ4n) is 12.9. The summed E-state index contributed by atoms with van der Waals surface area (Å²) in [5, 5.41) is 3.46. The molecule has 0 spiro atoms. The van der Waals surface area contributed by atoms with Crippen molar-refractivity contribution in [2.45, 2.75) is 87.0 Å². The van der Waals surface area contributed by atoms with Crippen LogP contribution in [0, 0.1) is 34.6 Å². The molecule has 0 bridgehead atoms. The van der Waals surface area contributed by atoms with E-state index in [0.29, 0.717) is 0 Å². The van der Waals surface area contributed by atoms with Crippen molar-refractivity contribution >= 4 is 118 Å². The van der Waals surface area contributed by atoms with Crippen LogP contribution in [-0.4, -0.2) is 6.71 Å². The molecule has 5 nitrogen and oxygen atoms in total. The number of benzene rings is 9. The largest absolute Gasteiger partial charge is 0.468 e. The number of rotatable bonds is 7. The van der Waals surface area contributed by atoms with Crippen LogP contribution < -0.4 is 31.3 Å². The van der Waals surface area contributed by atoms with Crippen molar-refractivity contribution in [3.05, 3.63) is 227 Å². The first-order valence-corrected chi connectivity index (χ1v) is 28.9. The van der Waals surface area contributed by atoms with Gasteiger partial charge in [-0.15, -0.1) is 11.3 Å². The topological polar surface area (TPSA) is 36.0 Å². The highest BCUT2D eigenvalue weighted by Crippen LogP contribution is 2.52. The number of anilines is 9. The third kappa shape index (κ3) is 8.03. The van der Waals surface area contributed by atoms with Gasteiger partial charge >= 0.3 is 0 Å². The first kappa shape index (κ1) is 49.8. The average molecular weight is 1060 g/mol. The number of aryl methyl sites for hydroxylation is 5. The molecule has 3 aromatic heterocycles. The monoisotopic (exact) mass is 1060 g/mol. The summed E-state index contributed by atoms with van der Waals surface area (Å²) < 4.78 is 15.3. The molecule has 2 aliphatic heterocycles. The van der Waals surface area contributed by atoms with E-state index >= 15 is 0 Å². The molecule has 2 aliphatic rings. The fourth-order valence-corrected chi connectivity index (χ4v) is 13.9. The fraction of sp³-hybridized carbons (Fsp3) is 0.178. The van der Waals surface area contributed by atoms with Gasteiger partial charge in [-0.3, -0.25) is 0 Å². The minimum absolute atomic E-state index is 0.0119. The van der Waals surface area contributed by atoms with E-state index in [2.05, 4.69) is 267 Å². The van der Waals surface area contributed by atoms with Crippen LogP contribution in [0.2, 0.25) is 0 Å². The summed E-state index contributed by atoms with van der Waals surface area (Å²) >= 11 is 1.84. The van der Waals surface area contributed by atoms with Gasteiger partial charge in [-0.25, -0.2) is 0 Å². The van der Waals surface area contributed by atoms with Gasteiger partial charge in [0.15, 0.2) is 0 Å². The summed E-state index contributed by atoms with van der Waals surface area (Å²) in [6.45, 7) is 25.0. The summed E-state index contributed by atoms with van der Waals surface area (Å²) in [6.07, 6.45) is 0. The second-order valence-corrected chi connectivity index (χ2v) is 25.6. The normalized spacial score (nSPS) is 13.1. The second kappa shape index (κ2) is 18.3. The number of para-hydroxylation sites is 2. The van der Waals surface area contributed by atoms with Gasteiger partial charge in [-0.1, -0.05) is 145 Å². The molecule has 7 heteroatoms. The predicted octanol–water partition coefficient (Wildman–Crippen LogP) is 19.4. The van der Waals surface area contributed by atoms with E-state index in [0.717, 1.165) is 73.0 Å². The Labute approximate surface area is 474 Å². The van der Waals surface area contributed by atoms with Crippen LogP contribution in [-0.2, 0) is 10.8 Å². The Morgan fingerprint density at radius 2 is 1.07 bits per heavy atom. The van der Waals surface area contributed by atoms with Crippen LogP contribution in [0.5, 0.6) is 0 Å². The lowest BCUT2D eigenvalue weighted by molar-refractivity contribution is 0.589. The molecule has 9 aromatic carbocycles. The Morgan fingerprint density at radius 1 is 0.450 bits per heavy atom. The molecule has 0 N–H and O–H groups in total. The first-order chi connectivity index (χ1) is 38.5. The van der Waals surface area contributed by atoms with E-state index in [1.807, 2.05) is 23.5 Å². The van der Waals surface area contributed by atoms with Crippen molar-refractivity contribution in [2.75, 3.05) is 14.7 Å². The quantitative estimate of drug-likeness (QED) is 0.149. The molecular weight excluding hydrogens is 994 g/mol. The van der Waals surface area contributed by atoms with E-state index in [1.54, 1.807) is 0 Å². The molecule has 0 radical (unpaired) electrons. The molecule has 0 atom stereocenters. The van der Waals surface area contributed by atoms with Gasteiger partial charge in [-0.05, 0) is 191 Å². The summed E-state index contributed by atoms with van der Waals surface area (Å²) in [5.41, 5.74) is 26.0. The van der Waals surface area contributed by atoms with Crippen molar-refractivity contribution < 1.29 is 8.83 Å². The Bertz CT molecular complexity index is 4280. The lowest BCUT2D eigenvalue weighted by atomic mass is 9.35. The Kier molecular flexibility index (Phi) is 11.4. The average Bonchev–Trinajstić information content (AvgIpc) is 4.03. The molecule has 12 aromatic rings. The maximum Gasteiger partial charge on any atom is 0.297 e. The van der Waals surface area contributed by atoms with Crippen LogP contribution in [0.4, 0.5) is 51.2 Å². The molecular formula is C73H64BN3O2S. The minimum atomic E-state index is -0.224. The van der Waals surface area contributed by atoms with Crippen molar-refractivity contribution in [2.24, 2.45) is 0 Å². The Morgan fingerprint density at radius 3 is 1.77 bits per heavy atom.